The second-order valence-corrected chi connectivity index (χ2v) is 4.71. The lowest BCUT2D eigenvalue weighted by atomic mass is 10.4. The number of aryl methyl sites for hydroxylation is 1. The molecule has 0 saturated carbocycles. The van der Waals surface area contributed by atoms with Crippen molar-refractivity contribution >= 4 is 22.8 Å². The van der Waals surface area contributed by atoms with Crippen LogP contribution < -0.4 is 10.6 Å². The minimum atomic E-state index is 0.737. The maximum absolute atomic E-state index is 5.93. The number of hydrogen-bond acceptors (Lipinski definition) is 4. The van der Waals surface area contributed by atoms with Crippen LogP contribution in [0.3, 0.4) is 0 Å². The van der Waals surface area contributed by atoms with E-state index in [9.17, 15) is 0 Å². The SMILES string of the molecule is CCN(Cc1cccs1)c1nn(C)cc1N. The smallest absolute Gasteiger partial charge is 0.174 e. The van der Waals surface area contributed by atoms with Gasteiger partial charge in [0.15, 0.2) is 5.82 Å². The van der Waals surface area contributed by atoms with Gasteiger partial charge in [-0.05, 0) is 18.4 Å². The van der Waals surface area contributed by atoms with E-state index in [2.05, 4.69) is 34.4 Å². The number of hydrogen-bond donors (Lipinski definition) is 1. The molecule has 86 valence electrons. The van der Waals surface area contributed by atoms with Gasteiger partial charge in [-0.15, -0.1) is 11.3 Å². The molecule has 4 nitrogen and oxygen atoms in total. The largest absolute Gasteiger partial charge is 0.394 e. The molecule has 2 aromatic rings. The third-order valence-electron chi connectivity index (χ3n) is 2.44. The highest BCUT2D eigenvalue weighted by atomic mass is 32.1. The van der Waals surface area contributed by atoms with Gasteiger partial charge in [-0.25, -0.2) is 0 Å². The zero-order valence-corrected chi connectivity index (χ0v) is 10.4. The Hall–Kier alpha value is -1.49. The van der Waals surface area contributed by atoms with Gasteiger partial charge in [-0.2, -0.15) is 5.10 Å². The number of nitrogens with two attached hydrogens (primary N) is 1. The Balaban J connectivity index is 2.19. The number of rotatable bonds is 4. The van der Waals surface area contributed by atoms with Crippen LogP contribution in [0.2, 0.25) is 0 Å². The zero-order chi connectivity index (χ0) is 11.5. The van der Waals surface area contributed by atoms with E-state index in [1.54, 1.807) is 16.0 Å². The molecule has 0 amide bonds. The second kappa shape index (κ2) is 4.57. The molecule has 0 spiro atoms. The van der Waals surface area contributed by atoms with Crippen LogP contribution in [-0.2, 0) is 13.6 Å². The van der Waals surface area contributed by atoms with E-state index < -0.39 is 0 Å². The molecule has 2 heterocycles. The number of nitrogens with zero attached hydrogens (tertiary/aromatic N) is 3. The lowest BCUT2D eigenvalue weighted by Crippen LogP contribution is -2.23. The molecule has 16 heavy (non-hydrogen) atoms. The summed E-state index contributed by atoms with van der Waals surface area (Å²) in [4.78, 5) is 3.51. The lowest BCUT2D eigenvalue weighted by Gasteiger charge is -2.20. The summed E-state index contributed by atoms with van der Waals surface area (Å²) in [5, 5.41) is 6.47. The molecule has 5 heteroatoms. The Morgan fingerprint density at radius 3 is 2.88 bits per heavy atom. The van der Waals surface area contributed by atoms with Crippen LogP contribution in [0.15, 0.2) is 23.7 Å². The van der Waals surface area contributed by atoms with Crippen molar-refractivity contribution in [2.45, 2.75) is 13.5 Å². The van der Waals surface area contributed by atoms with Crippen molar-refractivity contribution in [2.24, 2.45) is 7.05 Å². The fraction of sp³-hybridized carbons (Fsp3) is 0.364. The normalized spacial score (nSPS) is 10.6. The standard InChI is InChI=1S/C11H16N4S/c1-3-15(7-9-5-4-6-16-9)11-10(12)8-14(2)13-11/h4-6,8H,3,7,12H2,1-2H3. The maximum Gasteiger partial charge on any atom is 0.174 e. The molecule has 2 rings (SSSR count). The van der Waals surface area contributed by atoms with Gasteiger partial charge in [0.25, 0.3) is 0 Å². The zero-order valence-electron chi connectivity index (χ0n) is 9.55. The molecule has 0 fully saturated rings. The minimum Gasteiger partial charge on any atom is -0.394 e. The molecule has 0 aromatic carbocycles. The van der Waals surface area contributed by atoms with Gasteiger partial charge in [0.2, 0.25) is 0 Å². The number of thiophene rings is 1. The first-order valence-electron chi connectivity index (χ1n) is 5.27. The number of aromatic nitrogens is 2. The lowest BCUT2D eigenvalue weighted by molar-refractivity contribution is 0.738. The van der Waals surface area contributed by atoms with E-state index in [-0.39, 0.29) is 0 Å². The molecular formula is C11H16N4S. The predicted octanol–water partition coefficient (Wildman–Crippen LogP) is 2.09. The molecule has 0 aliphatic rings. The molecule has 0 unspecified atom stereocenters. The van der Waals surface area contributed by atoms with Gasteiger partial charge < -0.3 is 10.6 Å². The van der Waals surface area contributed by atoms with Crippen LogP contribution >= 0.6 is 11.3 Å². The summed E-state index contributed by atoms with van der Waals surface area (Å²) in [6.45, 7) is 3.89. The molecule has 0 radical (unpaired) electrons. The summed E-state index contributed by atoms with van der Waals surface area (Å²) in [5.74, 6) is 0.874. The van der Waals surface area contributed by atoms with Crippen molar-refractivity contribution in [3.8, 4) is 0 Å². The highest BCUT2D eigenvalue weighted by Crippen LogP contribution is 2.23. The third-order valence-corrected chi connectivity index (χ3v) is 3.31. The quantitative estimate of drug-likeness (QED) is 0.884. The van der Waals surface area contributed by atoms with Crippen molar-refractivity contribution in [2.75, 3.05) is 17.2 Å². The van der Waals surface area contributed by atoms with Gasteiger partial charge in [0, 0.05) is 24.7 Å². The minimum absolute atomic E-state index is 0.737. The van der Waals surface area contributed by atoms with Gasteiger partial charge >= 0.3 is 0 Å². The van der Waals surface area contributed by atoms with Crippen LogP contribution in [0.5, 0.6) is 0 Å². The van der Waals surface area contributed by atoms with Crippen molar-refractivity contribution in [1.82, 2.24) is 9.78 Å². The molecule has 0 saturated heterocycles. The molecule has 2 aromatic heterocycles. The molecule has 0 aliphatic carbocycles. The molecule has 2 N–H and O–H groups in total. The monoisotopic (exact) mass is 236 g/mol. The van der Waals surface area contributed by atoms with Gasteiger partial charge in [0.1, 0.15) is 0 Å². The van der Waals surface area contributed by atoms with Crippen molar-refractivity contribution in [3.05, 3.63) is 28.6 Å². The van der Waals surface area contributed by atoms with E-state index in [1.165, 1.54) is 4.88 Å². The van der Waals surface area contributed by atoms with E-state index in [0.717, 1.165) is 24.6 Å². The fourth-order valence-corrected chi connectivity index (χ4v) is 2.39. The van der Waals surface area contributed by atoms with E-state index >= 15 is 0 Å². The topological polar surface area (TPSA) is 47.1 Å². The third kappa shape index (κ3) is 2.19. The van der Waals surface area contributed by atoms with E-state index in [1.807, 2.05) is 13.2 Å². The molecule has 0 bridgehead atoms. The van der Waals surface area contributed by atoms with Gasteiger partial charge in [-0.1, -0.05) is 6.07 Å². The van der Waals surface area contributed by atoms with Gasteiger partial charge in [-0.3, -0.25) is 4.68 Å². The number of anilines is 2. The summed E-state index contributed by atoms with van der Waals surface area (Å²) in [6, 6.07) is 4.20. The molecule has 0 atom stereocenters. The first-order valence-corrected chi connectivity index (χ1v) is 6.15. The van der Waals surface area contributed by atoms with Gasteiger partial charge in [0.05, 0.1) is 12.2 Å². The van der Waals surface area contributed by atoms with Crippen molar-refractivity contribution in [1.29, 1.82) is 0 Å². The van der Waals surface area contributed by atoms with Crippen LogP contribution in [0.4, 0.5) is 11.5 Å². The first kappa shape index (κ1) is 11.0. The average Bonchev–Trinajstić information content (AvgIpc) is 2.85. The Labute approximate surface area is 99.3 Å². The molecule has 0 aliphatic heterocycles. The van der Waals surface area contributed by atoms with Crippen LogP contribution in [-0.4, -0.2) is 16.3 Å². The van der Waals surface area contributed by atoms with Crippen LogP contribution in [0.1, 0.15) is 11.8 Å². The van der Waals surface area contributed by atoms with E-state index in [0.29, 0.717) is 0 Å². The molecular weight excluding hydrogens is 220 g/mol. The highest BCUT2D eigenvalue weighted by Gasteiger charge is 2.12. The average molecular weight is 236 g/mol. The summed E-state index contributed by atoms with van der Waals surface area (Å²) < 4.78 is 1.75. The summed E-state index contributed by atoms with van der Waals surface area (Å²) in [5.41, 5.74) is 6.66. The maximum atomic E-state index is 5.93. The first-order chi connectivity index (χ1) is 7.70. The second-order valence-electron chi connectivity index (χ2n) is 3.68. The Bertz CT molecular complexity index is 447. The fourth-order valence-electron chi connectivity index (χ4n) is 1.67. The summed E-state index contributed by atoms with van der Waals surface area (Å²) >= 11 is 1.76. The highest BCUT2D eigenvalue weighted by molar-refractivity contribution is 7.09. The Morgan fingerprint density at radius 2 is 2.38 bits per heavy atom. The Morgan fingerprint density at radius 1 is 1.56 bits per heavy atom. The summed E-state index contributed by atoms with van der Waals surface area (Å²) in [6.07, 6.45) is 1.84. The van der Waals surface area contributed by atoms with Crippen LogP contribution in [0.25, 0.3) is 0 Å². The van der Waals surface area contributed by atoms with Crippen molar-refractivity contribution in [3.63, 3.8) is 0 Å². The van der Waals surface area contributed by atoms with Crippen LogP contribution in [0, 0.1) is 0 Å². The van der Waals surface area contributed by atoms with Crippen molar-refractivity contribution < 1.29 is 0 Å². The predicted molar refractivity (Wildman–Crippen MR) is 68.7 cm³/mol. The Kier molecular flexibility index (Phi) is 3.14. The van der Waals surface area contributed by atoms with E-state index in [4.69, 9.17) is 5.73 Å². The number of nitrogen functional groups attached to an aromatic ring is 1. The summed E-state index contributed by atoms with van der Waals surface area (Å²) in [7, 11) is 1.89.